The van der Waals surface area contributed by atoms with Gasteiger partial charge in [-0.05, 0) is 44.9 Å². The number of sulfonamides is 1. The second-order valence-electron chi connectivity index (χ2n) is 6.81. The van der Waals surface area contributed by atoms with Crippen molar-refractivity contribution in [3.63, 3.8) is 0 Å². The molecular weight excluding hydrogens is 332 g/mol. The SMILES string of the molecule is COCCOC1CCC12CCN(S(=O)(=O)c1c(C)noc1C)CC2. The number of nitrogens with zero attached hydrogens (tertiary/aromatic N) is 2. The summed E-state index contributed by atoms with van der Waals surface area (Å²) in [5.74, 6) is 0.359. The fraction of sp³-hybridized carbons (Fsp3) is 0.812. The molecule has 1 unspecified atom stereocenters. The van der Waals surface area contributed by atoms with Crippen molar-refractivity contribution in [3.8, 4) is 0 Å². The van der Waals surface area contributed by atoms with Gasteiger partial charge >= 0.3 is 0 Å². The number of aryl methyl sites for hydroxylation is 2. The fourth-order valence-electron chi connectivity index (χ4n) is 3.92. The lowest BCUT2D eigenvalue weighted by Crippen LogP contribution is -2.54. The Labute approximate surface area is 143 Å². The first-order chi connectivity index (χ1) is 11.4. The maximum Gasteiger partial charge on any atom is 0.248 e. The molecule has 24 heavy (non-hydrogen) atoms. The van der Waals surface area contributed by atoms with Crippen LogP contribution in [-0.4, -0.2) is 57.4 Å². The summed E-state index contributed by atoms with van der Waals surface area (Å²) < 4.78 is 43.3. The summed E-state index contributed by atoms with van der Waals surface area (Å²) in [4.78, 5) is 0.222. The van der Waals surface area contributed by atoms with Crippen LogP contribution in [0.25, 0.3) is 0 Å². The van der Waals surface area contributed by atoms with Crippen molar-refractivity contribution < 1.29 is 22.4 Å². The summed E-state index contributed by atoms with van der Waals surface area (Å²) in [7, 11) is -1.87. The molecule has 1 saturated heterocycles. The molecule has 3 rings (SSSR count). The summed E-state index contributed by atoms with van der Waals surface area (Å²) >= 11 is 0. The predicted molar refractivity (Wildman–Crippen MR) is 87.3 cm³/mol. The highest BCUT2D eigenvalue weighted by atomic mass is 32.2. The highest BCUT2D eigenvalue weighted by molar-refractivity contribution is 7.89. The molecule has 2 fully saturated rings. The largest absolute Gasteiger partial charge is 0.382 e. The van der Waals surface area contributed by atoms with Crippen molar-refractivity contribution in [3.05, 3.63) is 11.5 Å². The molecule has 1 spiro atoms. The number of hydrogen-bond acceptors (Lipinski definition) is 6. The van der Waals surface area contributed by atoms with E-state index >= 15 is 0 Å². The second-order valence-corrected chi connectivity index (χ2v) is 8.69. The molecule has 136 valence electrons. The molecule has 1 aromatic heterocycles. The third-order valence-electron chi connectivity index (χ3n) is 5.48. The van der Waals surface area contributed by atoms with Crippen molar-refractivity contribution in [1.82, 2.24) is 9.46 Å². The molecule has 1 aliphatic carbocycles. The molecular formula is C16H26N2O5S. The van der Waals surface area contributed by atoms with Gasteiger partial charge in [-0.3, -0.25) is 0 Å². The van der Waals surface area contributed by atoms with Crippen LogP contribution in [-0.2, 0) is 19.5 Å². The molecule has 2 heterocycles. The maximum absolute atomic E-state index is 12.9. The Kier molecular flexibility index (Phi) is 5.01. The van der Waals surface area contributed by atoms with Crippen LogP contribution in [0.2, 0.25) is 0 Å². The first kappa shape index (κ1) is 17.8. The standard InChI is InChI=1S/C16H26N2O5S/c1-12-15(13(2)23-17-12)24(19,20)18-8-6-16(7-9-18)5-4-14(16)22-11-10-21-3/h14H,4-11H2,1-3H3. The lowest BCUT2D eigenvalue weighted by Gasteiger charge is -2.53. The molecule has 0 aromatic carbocycles. The highest BCUT2D eigenvalue weighted by Crippen LogP contribution is 2.51. The first-order valence-electron chi connectivity index (χ1n) is 8.44. The summed E-state index contributed by atoms with van der Waals surface area (Å²) in [5.41, 5.74) is 0.565. The smallest absolute Gasteiger partial charge is 0.248 e. The zero-order chi connectivity index (χ0) is 17.4. The Morgan fingerprint density at radius 1 is 1.25 bits per heavy atom. The minimum atomic E-state index is -3.54. The average Bonchev–Trinajstić information content (AvgIpc) is 2.90. The van der Waals surface area contributed by atoms with E-state index in [1.165, 1.54) is 0 Å². The minimum Gasteiger partial charge on any atom is -0.382 e. The summed E-state index contributed by atoms with van der Waals surface area (Å²) in [5, 5.41) is 3.77. The Bertz CT molecular complexity index is 657. The van der Waals surface area contributed by atoms with E-state index in [9.17, 15) is 8.42 Å². The van der Waals surface area contributed by atoms with E-state index in [2.05, 4.69) is 5.16 Å². The van der Waals surface area contributed by atoms with Crippen LogP contribution in [0.5, 0.6) is 0 Å². The second kappa shape index (κ2) is 6.74. The van der Waals surface area contributed by atoms with Gasteiger partial charge in [-0.1, -0.05) is 5.16 Å². The monoisotopic (exact) mass is 358 g/mol. The number of aromatic nitrogens is 1. The zero-order valence-corrected chi connectivity index (χ0v) is 15.4. The molecule has 1 aliphatic heterocycles. The Balaban J connectivity index is 1.65. The van der Waals surface area contributed by atoms with Crippen LogP contribution in [0.4, 0.5) is 0 Å². The molecule has 0 radical (unpaired) electrons. The van der Waals surface area contributed by atoms with Gasteiger partial charge in [0, 0.05) is 20.2 Å². The van der Waals surface area contributed by atoms with E-state index in [0.29, 0.717) is 37.8 Å². The average molecular weight is 358 g/mol. The Hall–Kier alpha value is -0.960. The third kappa shape index (κ3) is 3.00. The molecule has 0 N–H and O–H groups in total. The van der Waals surface area contributed by atoms with E-state index in [4.69, 9.17) is 14.0 Å². The van der Waals surface area contributed by atoms with Crippen LogP contribution >= 0.6 is 0 Å². The number of rotatable bonds is 6. The topological polar surface area (TPSA) is 81.9 Å². The molecule has 1 saturated carbocycles. The summed E-state index contributed by atoms with van der Waals surface area (Å²) in [6.45, 7) is 5.56. The zero-order valence-electron chi connectivity index (χ0n) is 14.6. The molecule has 1 aromatic rings. The number of methoxy groups -OCH3 is 1. The molecule has 0 bridgehead atoms. The number of ether oxygens (including phenoxy) is 2. The van der Waals surface area contributed by atoms with Crippen molar-refractivity contribution in [1.29, 1.82) is 0 Å². The predicted octanol–water partition coefficient (Wildman–Crippen LogP) is 1.89. The van der Waals surface area contributed by atoms with Gasteiger partial charge in [0.2, 0.25) is 10.0 Å². The molecule has 0 amide bonds. The Morgan fingerprint density at radius 2 is 1.96 bits per heavy atom. The van der Waals surface area contributed by atoms with Crippen LogP contribution < -0.4 is 0 Å². The lowest BCUT2D eigenvalue weighted by atomic mass is 9.61. The molecule has 7 nitrogen and oxygen atoms in total. The molecule has 2 aliphatic rings. The van der Waals surface area contributed by atoms with Gasteiger partial charge in [-0.25, -0.2) is 8.42 Å². The first-order valence-corrected chi connectivity index (χ1v) is 9.88. The van der Waals surface area contributed by atoms with Crippen molar-refractivity contribution in [2.45, 2.75) is 50.5 Å². The molecule has 8 heteroatoms. The normalized spacial score (nSPS) is 24.2. The van der Waals surface area contributed by atoms with Crippen LogP contribution in [0.1, 0.15) is 37.1 Å². The van der Waals surface area contributed by atoms with Gasteiger partial charge in [0.1, 0.15) is 10.6 Å². The summed E-state index contributed by atoms with van der Waals surface area (Å²) in [6.07, 6.45) is 4.08. The van der Waals surface area contributed by atoms with E-state index in [0.717, 1.165) is 25.7 Å². The van der Waals surface area contributed by atoms with E-state index < -0.39 is 10.0 Å². The van der Waals surface area contributed by atoms with Gasteiger partial charge in [0.15, 0.2) is 5.76 Å². The maximum atomic E-state index is 12.9. The quantitative estimate of drug-likeness (QED) is 0.722. The summed E-state index contributed by atoms with van der Waals surface area (Å²) in [6, 6.07) is 0. The van der Waals surface area contributed by atoms with Gasteiger partial charge in [-0.15, -0.1) is 0 Å². The third-order valence-corrected chi connectivity index (χ3v) is 7.62. The Morgan fingerprint density at radius 3 is 2.46 bits per heavy atom. The van der Waals surface area contributed by atoms with E-state index in [-0.39, 0.29) is 16.4 Å². The van der Waals surface area contributed by atoms with E-state index in [1.54, 1.807) is 25.3 Å². The van der Waals surface area contributed by atoms with Crippen LogP contribution in [0.15, 0.2) is 9.42 Å². The van der Waals surface area contributed by atoms with Gasteiger partial charge in [0.25, 0.3) is 0 Å². The number of piperidine rings is 1. The molecule has 1 atom stereocenters. The van der Waals surface area contributed by atoms with Gasteiger partial charge in [-0.2, -0.15) is 4.31 Å². The fourth-order valence-corrected chi connectivity index (χ4v) is 5.65. The number of hydrogen-bond donors (Lipinski definition) is 0. The van der Waals surface area contributed by atoms with Gasteiger partial charge in [0.05, 0.1) is 19.3 Å². The van der Waals surface area contributed by atoms with Crippen molar-refractivity contribution >= 4 is 10.0 Å². The van der Waals surface area contributed by atoms with Crippen LogP contribution in [0.3, 0.4) is 0 Å². The highest BCUT2D eigenvalue weighted by Gasteiger charge is 2.50. The van der Waals surface area contributed by atoms with Crippen molar-refractivity contribution in [2.75, 3.05) is 33.4 Å². The van der Waals surface area contributed by atoms with E-state index in [1.807, 2.05) is 0 Å². The van der Waals surface area contributed by atoms with Crippen LogP contribution in [0, 0.1) is 19.3 Å². The van der Waals surface area contributed by atoms with Gasteiger partial charge < -0.3 is 14.0 Å². The van der Waals surface area contributed by atoms with Crippen molar-refractivity contribution in [2.24, 2.45) is 5.41 Å². The lowest BCUT2D eigenvalue weighted by molar-refractivity contribution is -0.137. The minimum absolute atomic E-state index is 0.137.